The molecule has 0 aromatic carbocycles. The van der Waals surface area contributed by atoms with Gasteiger partial charge >= 0.3 is 0 Å². The number of aromatic nitrogens is 1. The first-order valence-corrected chi connectivity index (χ1v) is 7.15. The standard InChI is InChI=1S/C14H23N3O2/c1-3-12-11(13(4-2)19-16-12)8-14(18)17-7-5-6-10(15)9-17/h10H,3-9,15H2,1-2H3/t10-/m0/s1. The number of amides is 1. The molecule has 2 N–H and O–H groups in total. The van der Waals surface area contributed by atoms with Crippen molar-refractivity contribution >= 4 is 5.91 Å². The van der Waals surface area contributed by atoms with Crippen LogP contribution in [0.3, 0.4) is 0 Å². The number of rotatable bonds is 4. The lowest BCUT2D eigenvalue weighted by Crippen LogP contribution is -2.46. The molecule has 0 saturated carbocycles. The second kappa shape index (κ2) is 6.19. The van der Waals surface area contributed by atoms with E-state index in [9.17, 15) is 4.79 Å². The van der Waals surface area contributed by atoms with Crippen LogP contribution in [0.5, 0.6) is 0 Å². The van der Waals surface area contributed by atoms with Gasteiger partial charge < -0.3 is 15.2 Å². The Hall–Kier alpha value is -1.36. The Morgan fingerprint density at radius 3 is 2.89 bits per heavy atom. The van der Waals surface area contributed by atoms with E-state index < -0.39 is 0 Å². The summed E-state index contributed by atoms with van der Waals surface area (Å²) in [6.07, 6.45) is 3.97. The van der Waals surface area contributed by atoms with Crippen molar-refractivity contribution in [2.45, 2.75) is 52.0 Å². The molecule has 1 fully saturated rings. The molecule has 1 amide bonds. The van der Waals surface area contributed by atoms with Gasteiger partial charge in [0.2, 0.25) is 5.91 Å². The van der Waals surface area contributed by atoms with E-state index in [1.165, 1.54) is 0 Å². The Bertz CT molecular complexity index is 420. The summed E-state index contributed by atoms with van der Waals surface area (Å²) in [7, 11) is 0. The number of nitrogens with zero attached hydrogens (tertiary/aromatic N) is 2. The zero-order valence-electron chi connectivity index (χ0n) is 11.8. The van der Waals surface area contributed by atoms with Gasteiger partial charge in [-0.05, 0) is 19.3 Å². The molecule has 1 aromatic heterocycles. The molecule has 106 valence electrons. The maximum absolute atomic E-state index is 12.3. The Morgan fingerprint density at radius 2 is 2.26 bits per heavy atom. The fourth-order valence-corrected chi connectivity index (χ4v) is 2.64. The maximum Gasteiger partial charge on any atom is 0.227 e. The van der Waals surface area contributed by atoms with Crippen LogP contribution in [-0.4, -0.2) is 35.1 Å². The van der Waals surface area contributed by atoms with Gasteiger partial charge in [0, 0.05) is 31.1 Å². The lowest BCUT2D eigenvalue weighted by atomic mass is 10.0. The Kier molecular flexibility index (Phi) is 4.58. The molecule has 0 unspecified atom stereocenters. The minimum atomic E-state index is 0.122. The van der Waals surface area contributed by atoms with Crippen molar-refractivity contribution in [1.82, 2.24) is 10.1 Å². The molecule has 19 heavy (non-hydrogen) atoms. The number of carbonyl (C=O) groups excluding carboxylic acids is 1. The number of piperidine rings is 1. The van der Waals surface area contributed by atoms with Crippen molar-refractivity contribution in [2.75, 3.05) is 13.1 Å². The summed E-state index contributed by atoms with van der Waals surface area (Å²) in [4.78, 5) is 14.2. The average molecular weight is 265 g/mol. The molecule has 2 heterocycles. The van der Waals surface area contributed by atoms with Crippen LogP contribution in [0.2, 0.25) is 0 Å². The van der Waals surface area contributed by atoms with E-state index in [4.69, 9.17) is 10.3 Å². The monoisotopic (exact) mass is 265 g/mol. The molecule has 0 bridgehead atoms. The molecular formula is C14H23N3O2. The van der Waals surface area contributed by atoms with Gasteiger partial charge in [0.05, 0.1) is 12.1 Å². The van der Waals surface area contributed by atoms with Crippen molar-refractivity contribution in [3.63, 3.8) is 0 Å². The molecule has 1 saturated heterocycles. The SMILES string of the molecule is CCc1noc(CC)c1CC(=O)N1CCC[C@H](N)C1. The van der Waals surface area contributed by atoms with Gasteiger partial charge in [-0.3, -0.25) is 4.79 Å². The summed E-state index contributed by atoms with van der Waals surface area (Å²) in [6, 6.07) is 0.122. The molecule has 0 aliphatic carbocycles. The summed E-state index contributed by atoms with van der Waals surface area (Å²) >= 11 is 0. The summed E-state index contributed by atoms with van der Waals surface area (Å²) in [5, 5.41) is 4.05. The first-order chi connectivity index (χ1) is 9.15. The first kappa shape index (κ1) is 14.1. The highest BCUT2D eigenvalue weighted by Gasteiger charge is 2.24. The van der Waals surface area contributed by atoms with Crippen LogP contribution in [0.4, 0.5) is 0 Å². The smallest absolute Gasteiger partial charge is 0.227 e. The molecule has 1 atom stereocenters. The minimum Gasteiger partial charge on any atom is -0.361 e. The number of hydrogen-bond donors (Lipinski definition) is 1. The molecule has 5 nitrogen and oxygen atoms in total. The minimum absolute atomic E-state index is 0.122. The summed E-state index contributed by atoms with van der Waals surface area (Å²) in [5.41, 5.74) is 7.81. The molecule has 0 spiro atoms. The number of hydrogen-bond acceptors (Lipinski definition) is 4. The molecule has 1 aliphatic heterocycles. The second-order valence-electron chi connectivity index (χ2n) is 5.16. The third-order valence-corrected chi connectivity index (χ3v) is 3.75. The molecular weight excluding hydrogens is 242 g/mol. The van der Waals surface area contributed by atoms with E-state index in [0.29, 0.717) is 13.0 Å². The fourth-order valence-electron chi connectivity index (χ4n) is 2.64. The lowest BCUT2D eigenvalue weighted by molar-refractivity contribution is -0.131. The van der Waals surface area contributed by atoms with Gasteiger partial charge in [-0.15, -0.1) is 0 Å². The van der Waals surface area contributed by atoms with Crippen molar-refractivity contribution < 1.29 is 9.32 Å². The van der Waals surface area contributed by atoms with Crippen LogP contribution in [0, 0.1) is 0 Å². The van der Waals surface area contributed by atoms with Gasteiger partial charge in [0.25, 0.3) is 0 Å². The van der Waals surface area contributed by atoms with Crippen molar-refractivity contribution in [1.29, 1.82) is 0 Å². The third-order valence-electron chi connectivity index (χ3n) is 3.75. The van der Waals surface area contributed by atoms with Crippen LogP contribution >= 0.6 is 0 Å². The van der Waals surface area contributed by atoms with Gasteiger partial charge in [0.15, 0.2) is 0 Å². The zero-order valence-corrected chi connectivity index (χ0v) is 11.8. The zero-order chi connectivity index (χ0) is 13.8. The maximum atomic E-state index is 12.3. The molecule has 5 heteroatoms. The number of nitrogens with two attached hydrogens (primary N) is 1. The Morgan fingerprint density at radius 1 is 1.47 bits per heavy atom. The van der Waals surface area contributed by atoms with Crippen LogP contribution in [0.1, 0.15) is 43.7 Å². The normalized spacial score (nSPS) is 19.7. The van der Waals surface area contributed by atoms with E-state index in [0.717, 1.165) is 49.2 Å². The van der Waals surface area contributed by atoms with Gasteiger partial charge in [-0.25, -0.2) is 0 Å². The second-order valence-corrected chi connectivity index (χ2v) is 5.16. The van der Waals surface area contributed by atoms with Crippen LogP contribution in [-0.2, 0) is 24.1 Å². The highest BCUT2D eigenvalue weighted by Crippen LogP contribution is 2.18. The summed E-state index contributed by atoms with van der Waals surface area (Å²) in [6.45, 7) is 5.54. The molecule has 2 rings (SSSR count). The Balaban J connectivity index is 2.07. The first-order valence-electron chi connectivity index (χ1n) is 7.15. The van der Waals surface area contributed by atoms with E-state index in [2.05, 4.69) is 5.16 Å². The Labute approximate surface area is 114 Å². The van der Waals surface area contributed by atoms with E-state index in [-0.39, 0.29) is 11.9 Å². The third kappa shape index (κ3) is 3.15. The predicted molar refractivity (Wildman–Crippen MR) is 72.8 cm³/mol. The van der Waals surface area contributed by atoms with Crippen LogP contribution < -0.4 is 5.73 Å². The molecule has 1 aromatic rings. The van der Waals surface area contributed by atoms with Gasteiger partial charge in [-0.1, -0.05) is 19.0 Å². The van der Waals surface area contributed by atoms with Crippen molar-refractivity contribution in [2.24, 2.45) is 5.73 Å². The van der Waals surface area contributed by atoms with Crippen molar-refractivity contribution in [3.05, 3.63) is 17.0 Å². The van der Waals surface area contributed by atoms with Crippen molar-refractivity contribution in [3.8, 4) is 0 Å². The fraction of sp³-hybridized carbons (Fsp3) is 0.714. The van der Waals surface area contributed by atoms with Gasteiger partial charge in [0.1, 0.15) is 5.76 Å². The summed E-state index contributed by atoms with van der Waals surface area (Å²) < 4.78 is 5.30. The van der Waals surface area contributed by atoms with E-state index in [1.807, 2.05) is 18.7 Å². The summed E-state index contributed by atoms with van der Waals surface area (Å²) in [5.74, 6) is 0.981. The number of likely N-dealkylation sites (tertiary alicyclic amines) is 1. The average Bonchev–Trinajstić information content (AvgIpc) is 2.80. The molecule has 1 aliphatic rings. The highest BCUT2D eigenvalue weighted by molar-refractivity contribution is 5.79. The highest BCUT2D eigenvalue weighted by atomic mass is 16.5. The van der Waals surface area contributed by atoms with Crippen LogP contribution in [0.25, 0.3) is 0 Å². The number of carbonyl (C=O) groups is 1. The number of aryl methyl sites for hydroxylation is 2. The predicted octanol–water partition coefficient (Wildman–Crippen LogP) is 1.29. The van der Waals surface area contributed by atoms with E-state index in [1.54, 1.807) is 0 Å². The van der Waals surface area contributed by atoms with Crippen LogP contribution in [0.15, 0.2) is 4.52 Å². The largest absolute Gasteiger partial charge is 0.361 e. The van der Waals surface area contributed by atoms with Gasteiger partial charge in [-0.2, -0.15) is 0 Å². The van der Waals surface area contributed by atoms with E-state index >= 15 is 0 Å². The lowest BCUT2D eigenvalue weighted by Gasteiger charge is -2.30. The molecule has 0 radical (unpaired) electrons. The quantitative estimate of drug-likeness (QED) is 0.890. The topological polar surface area (TPSA) is 72.4 Å².